The average molecular weight is 408 g/mol. The molecule has 0 amide bonds. The fourth-order valence-corrected chi connectivity index (χ4v) is 2.63. The van der Waals surface area contributed by atoms with E-state index in [1.165, 1.54) is 0 Å². The van der Waals surface area contributed by atoms with Crippen molar-refractivity contribution in [3.63, 3.8) is 0 Å². The quantitative estimate of drug-likeness (QED) is 0.382. The van der Waals surface area contributed by atoms with Crippen LogP contribution in [0.2, 0.25) is 0 Å². The third-order valence-electron chi connectivity index (χ3n) is 4.19. The molecule has 29 heavy (non-hydrogen) atoms. The van der Waals surface area contributed by atoms with Crippen molar-refractivity contribution in [1.29, 1.82) is 0 Å². The number of ether oxygens (including phenoxy) is 5. The molecule has 7 heteroatoms. The summed E-state index contributed by atoms with van der Waals surface area (Å²) in [6.45, 7) is 9.97. The van der Waals surface area contributed by atoms with Crippen LogP contribution >= 0.6 is 0 Å². The number of carbonyl (C=O) groups is 1. The number of ketones is 1. The van der Waals surface area contributed by atoms with E-state index in [1.807, 2.05) is 45.0 Å². The number of rotatable bonds is 14. The van der Waals surface area contributed by atoms with Gasteiger partial charge < -0.3 is 28.7 Å². The SMILES string of the molecule is COCCOCCOCCOCCOc1ccc2[nH]c(C(=O)C(C)(C)C)cc2c1. The van der Waals surface area contributed by atoms with E-state index in [0.717, 1.165) is 16.7 Å². The molecule has 0 bridgehead atoms. The number of hydrogen-bond acceptors (Lipinski definition) is 6. The fourth-order valence-electron chi connectivity index (χ4n) is 2.63. The van der Waals surface area contributed by atoms with Crippen molar-refractivity contribution in [2.24, 2.45) is 5.41 Å². The first kappa shape index (κ1) is 23.3. The number of nitrogens with one attached hydrogen (secondary N) is 1. The summed E-state index contributed by atoms with van der Waals surface area (Å²) in [4.78, 5) is 15.6. The van der Waals surface area contributed by atoms with Gasteiger partial charge in [0.25, 0.3) is 0 Å². The Kier molecular flexibility index (Phi) is 9.60. The number of hydrogen-bond donors (Lipinski definition) is 1. The number of benzene rings is 1. The molecule has 2 aromatic rings. The largest absolute Gasteiger partial charge is 0.491 e. The van der Waals surface area contributed by atoms with E-state index >= 15 is 0 Å². The van der Waals surface area contributed by atoms with Crippen LogP contribution in [-0.4, -0.2) is 70.7 Å². The van der Waals surface area contributed by atoms with Gasteiger partial charge in [0.1, 0.15) is 12.4 Å². The van der Waals surface area contributed by atoms with Crippen LogP contribution in [0, 0.1) is 5.41 Å². The van der Waals surface area contributed by atoms with Gasteiger partial charge in [-0.05, 0) is 24.3 Å². The lowest BCUT2D eigenvalue weighted by atomic mass is 9.89. The molecule has 7 nitrogen and oxygen atoms in total. The molecule has 1 aromatic carbocycles. The highest BCUT2D eigenvalue weighted by molar-refractivity contribution is 6.02. The van der Waals surface area contributed by atoms with Crippen molar-refractivity contribution >= 4 is 16.7 Å². The molecule has 0 aliphatic heterocycles. The molecule has 0 saturated carbocycles. The number of carbonyl (C=O) groups excluding carboxylic acids is 1. The van der Waals surface area contributed by atoms with Gasteiger partial charge in [-0.25, -0.2) is 0 Å². The van der Waals surface area contributed by atoms with Gasteiger partial charge in [-0.2, -0.15) is 0 Å². The van der Waals surface area contributed by atoms with Crippen molar-refractivity contribution < 1.29 is 28.5 Å². The molecule has 1 heterocycles. The Morgan fingerprint density at radius 1 is 0.862 bits per heavy atom. The number of aromatic amines is 1. The van der Waals surface area contributed by atoms with E-state index in [-0.39, 0.29) is 5.78 Å². The van der Waals surface area contributed by atoms with Gasteiger partial charge in [0, 0.05) is 23.4 Å². The molecule has 1 aromatic heterocycles. The highest BCUT2D eigenvalue weighted by atomic mass is 16.6. The predicted octanol–water partition coefficient (Wildman–Crippen LogP) is 3.47. The highest BCUT2D eigenvalue weighted by Crippen LogP contribution is 2.26. The Morgan fingerprint density at radius 2 is 1.45 bits per heavy atom. The van der Waals surface area contributed by atoms with E-state index < -0.39 is 5.41 Å². The summed E-state index contributed by atoms with van der Waals surface area (Å²) in [5.74, 6) is 0.840. The van der Waals surface area contributed by atoms with E-state index in [0.29, 0.717) is 58.5 Å². The molecular formula is C22H33NO6. The molecule has 0 atom stereocenters. The second-order valence-corrected chi connectivity index (χ2v) is 7.69. The van der Waals surface area contributed by atoms with Crippen molar-refractivity contribution in [3.05, 3.63) is 30.0 Å². The lowest BCUT2D eigenvalue weighted by Crippen LogP contribution is -2.20. The monoisotopic (exact) mass is 407 g/mol. The summed E-state index contributed by atoms with van der Waals surface area (Å²) >= 11 is 0. The minimum absolute atomic E-state index is 0.0910. The fraction of sp³-hybridized carbons (Fsp3) is 0.591. The van der Waals surface area contributed by atoms with Gasteiger partial charge >= 0.3 is 0 Å². The predicted molar refractivity (Wildman–Crippen MR) is 112 cm³/mol. The molecule has 0 spiro atoms. The van der Waals surface area contributed by atoms with Crippen LogP contribution in [0.15, 0.2) is 24.3 Å². The Bertz CT molecular complexity index is 749. The first-order chi connectivity index (χ1) is 13.9. The summed E-state index contributed by atoms with van der Waals surface area (Å²) in [5.41, 5.74) is 1.12. The first-order valence-corrected chi connectivity index (χ1v) is 9.94. The van der Waals surface area contributed by atoms with Crippen LogP contribution < -0.4 is 4.74 Å². The maximum absolute atomic E-state index is 12.4. The van der Waals surface area contributed by atoms with Gasteiger partial charge in [-0.15, -0.1) is 0 Å². The van der Waals surface area contributed by atoms with E-state index in [1.54, 1.807) is 7.11 Å². The minimum Gasteiger partial charge on any atom is -0.491 e. The lowest BCUT2D eigenvalue weighted by Gasteiger charge is -2.14. The van der Waals surface area contributed by atoms with E-state index in [4.69, 9.17) is 23.7 Å². The smallest absolute Gasteiger partial charge is 0.184 e. The molecule has 0 aliphatic rings. The summed E-state index contributed by atoms with van der Waals surface area (Å²) in [5, 5.41) is 0.956. The third-order valence-corrected chi connectivity index (χ3v) is 4.19. The van der Waals surface area contributed by atoms with Crippen molar-refractivity contribution in [2.75, 3.05) is 60.0 Å². The molecule has 0 fully saturated rings. The maximum atomic E-state index is 12.4. The van der Waals surface area contributed by atoms with Crippen LogP contribution in [0.3, 0.4) is 0 Å². The zero-order valence-electron chi connectivity index (χ0n) is 17.9. The second kappa shape index (κ2) is 11.9. The number of methoxy groups -OCH3 is 1. The van der Waals surface area contributed by atoms with Crippen LogP contribution in [-0.2, 0) is 18.9 Å². The number of fused-ring (bicyclic) bond motifs is 1. The molecule has 0 unspecified atom stereocenters. The van der Waals surface area contributed by atoms with Gasteiger partial charge in [-0.1, -0.05) is 20.8 Å². The summed E-state index contributed by atoms with van der Waals surface area (Å²) in [7, 11) is 1.64. The van der Waals surface area contributed by atoms with E-state index in [2.05, 4.69) is 4.98 Å². The number of aromatic nitrogens is 1. The zero-order valence-corrected chi connectivity index (χ0v) is 17.9. The Labute approximate surface area is 172 Å². The van der Waals surface area contributed by atoms with Crippen LogP contribution in [0.25, 0.3) is 10.9 Å². The minimum atomic E-state index is -0.418. The normalized spacial score (nSPS) is 11.9. The molecule has 0 saturated heterocycles. The molecular weight excluding hydrogens is 374 g/mol. The Hall–Kier alpha value is -1.93. The van der Waals surface area contributed by atoms with Crippen molar-refractivity contribution in [3.8, 4) is 5.75 Å². The summed E-state index contributed by atoms with van der Waals surface area (Å²) in [6, 6.07) is 7.62. The van der Waals surface area contributed by atoms with Crippen molar-refractivity contribution in [1.82, 2.24) is 4.98 Å². The average Bonchev–Trinajstić information content (AvgIpc) is 3.10. The molecule has 2 rings (SSSR count). The molecule has 0 radical (unpaired) electrons. The lowest BCUT2D eigenvalue weighted by molar-refractivity contribution is 0.000169. The Morgan fingerprint density at radius 3 is 2.03 bits per heavy atom. The van der Waals surface area contributed by atoms with Gasteiger partial charge in [0.05, 0.1) is 51.9 Å². The maximum Gasteiger partial charge on any atom is 0.184 e. The topological polar surface area (TPSA) is 79.0 Å². The van der Waals surface area contributed by atoms with Crippen LogP contribution in [0.1, 0.15) is 31.3 Å². The second-order valence-electron chi connectivity index (χ2n) is 7.69. The molecule has 1 N–H and O–H groups in total. The van der Waals surface area contributed by atoms with Crippen LogP contribution in [0.5, 0.6) is 5.75 Å². The first-order valence-electron chi connectivity index (χ1n) is 9.94. The van der Waals surface area contributed by atoms with Gasteiger partial charge in [0.15, 0.2) is 5.78 Å². The highest BCUT2D eigenvalue weighted by Gasteiger charge is 2.24. The van der Waals surface area contributed by atoms with Crippen molar-refractivity contribution in [2.45, 2.75) is 20.8 Å². The number of Topliss-reactive ketones (excluding diaryl/α,β-unsaturated/α-hetero) is 1. The van der Waals surface area contributed by atoms with Gasteiger partial charge in [-0.3, -0.25) is 4.79 Å². The zero-order chi connectivity index (χ0) is 21.1. The summed E-state index contributed by atoms with van der Waals surface area (Å²) in [6.07, 6.45) is 0. The standard InChI is InChI=1S/C22H33NO6/c1-22(2,3)21(24)20-16-17-15-18(5-6-19(17)23-20)29-14-13-28-12-11-27-10-9-26-8-7-25-4/h5-6,15-16,23H,7-14H2,1-4H3. The summed E-state index contributed by atoms with van der Waals surface area (Å²) < 4.78 is 26.8. The molecule has 162 valence electrons. The number of H-pyrrole nitrogens is 1. The molecule has 0 aliphatic carbocycles. The van der Waals surface area contributed by atoms with Gasteiger partial charge in [0.2, 0.25) is 0 Å². The van der Waals surface area contributed by atoms with E-state index in [9.17, 15) is 4.79 Å². The Balaban J connectivity index is 1.63. The van der Waals surface area contributed by atoms with Crippen LogP contribution in [0.4, 0.5) is 0 Å². The third kappa shape index (κ3) is 8.14.